The fourth-order valence-electron chi connectivity index (χ4n) is 2.21. The molecule has 0 fully saturated rings. The third kappa shape index (κ3) is 3.90. The Kier molecular flexibility index (Phi) is 5.09. The summed E-state index contributed by atoms with van der Waals surface area (Å²) in [6, 6.07) is 7.16. The lowest BCUT2D eigenvalue weighted by molar-refractivity contribution is -0.124. The predicted octanol–water partition coefficient (Wildman–Crippen LogP) is 2.37. The van der Waals surface area contributed by atoms with Crippen molar-refractivity contribution in [2.24, 2.45) is 5.92 Å². The molecule has 0 bridgehead atoms. The van der Waals surface area contributed by atoms with E-state index in [1.165, 1.54) is 0 Å². The second kappa shape index (κ2) is 7.02. The van der Waals surface area contributed by atoms with Gasteiger partial charge in [-0.25, -0.2) is 4.98 Å². The average Bonchev–Trinajstić information content (AvgIpc) is 2.50. The van der Waals surface area contributed by atoms with Crippen molar-refractivity contribution in [3.8, 4) is 0 Å². The van der Waals surface area contributed by atoms with Crippen molar-refractivity contribution in [2.45, 2.75) is 39.7 Å². The summed E-state index contributed by atoms with van der Waals surface area (Å²) in [6.45, 7) is 4.27. The Morgan fingerprint density at radius 2 is 2.14 bits per heavy atom. The number of carbonyl (C=O) groups excluding carboxylic acids is 1. The summed E-state index contributed by atoms with van der Waals surface area (Å²) < 4.78 is 0. The summed E-state index contributed by atoms with van der Waals surface area (Å²) in [7, 11) is 0. The minimum absolute atomic E-state index is 0.000687. The molecule has 112 valence electrons. The van der Waals surface area contributed by atoms with Crippen molar-refractivity contribution < 1.29 is 4.79 Å². The molecule has 1 aromatic carbocycles. The number of nitrogens with one attached hydrogen (secondary N) is 2. The highest BCUT2D eigenvalue weighted by molar-refractivity contribution is 5.78. The molecule has 1 unspecified atom stereocenters. The molecule has 0 radical (unpaired) electrons. The highest BCUT2D eigenvalue weighted by atomic mass is 16.2. The molecule has 0 saturated heterocycles. The van der Waals surface area contributed by atoms with E-state index in [1.54, 1.807) is 18.2 Å². The average molecular weight is 287 g/mol. The quantitative estimate of drug-likeness (QED) is 0.856. The topological polar surface area (TPSA) is 74.8 Å². The SMILES string of the molecule is CCCCC(C)C(=O)NCc1nc2ccccc2c(=O)[nH]1. The molecule has 2 aromatic rings. The second-order valence-electron chi connectivity index (χ2n) is 5.29. The molecule has 1 aromatic heterocycles. The Balaban J connectivity index is 2.04. The number of amides is 1. The molecular formula is C16H21N3O2. The van der Waals surface area contributed by atoms with E-state index in [2.05, 4.69) is 22.2 Å². The fourth-order valence-corrected chi connectivity index (χ4v) is 2.21. The zero-order valence-electron chi connectivity index (χ0n) is 12.5. The Morgan fingerprint density at radius 1 is 1.38 bits per heavy atom. The molecule has 1 amide bonds. The van der Waals surface area contributed by atoms with E-state index < -0.39 is 0 Å². The summed E-state index contributed by atoms with van der Waals surface area (Å²) >= 11 is 0. The number of carbonyl (C=O) groups is 1. The molecule has 5 heteroatoms. The monoisotopic (exact) mass is 287 g/mol. The van der Waals surface area contributed by atoms with Crippen LogP contribution in [0.25, 0.3) is 10.9 Å². The molecule has 0 saturated carbocycles. The van der Waals surface area contributed by atoms with Gasteiger partial charge in [0.25, 0.3) is 5.56 Å². The van der Waals surface area contributed by atoms with Crippen molar-refractivity contribution in [1.29, 1.82) is 0 Å². The van der Waals surface area contributed by atoms with Gasteiger partial charge in [-0.05, 0) is 18.6 Å². The maximum atomic E-state index is 11.9. The fraction of sp³-hybridized carbons (Fsp3) is 0.438. The highest BCUT2D eigenvalue weighted by Crippen LogP contribution is 2.08. The lowest BCUT2D eigenvalue weighted by Crippen LogP contribution is -2.30. The largest absolute Gasteiger partial charge is 0.349 e. The lowest BCUT2D eigenvalue weighted by Gasteiger charge is -2.11. The van der Waals surface area contributed by atoms with Crippen molar-refractivity contribution >= 4 is 16.8 Å². The van der Waals surface area contributed by atoms with Crippen LogP contribution in [-0.4, -0.2) is 15.9 Å². The Labute approximate surface area is 123 Å². The van der Waals surface area contributed by atoms with Crippen LogP contribution in [0.2, 0.25) is 0 Å². The van der Waals surface area contributed by atoms with Crippen molar-refractivity contribution in [3.63, 3.8) is 0 Å². The van der Waals surface area contributed by atoms with E-state index in [4.69, 9.17) is 0 Å². The van der Waals surface area contributed by atoms with Crippen LogP contribution in [0.15, 0.2) is 29.1 Å². The molecule has 2 N–H and O–H groups in total. The van der Waals surface area contributed by atoms with Gasteiger partial charge in [-0.15, -0.1) is 0 Å². The number of unbranched alkanes of at least 4 members (excludes halogenated alkanes) is 1. The molecule has 1 atom stereocenters. The number of nitrogens with zero attached hydrogens (tertiary/aromatic N) is 1. The molecule has 0 aliphatic heterocycles. The van der Waals surface area contributed by atoms with E-state index in [0.29, 0.717) is 16.7 Å². The van der Waals surface area contributed by atoms with Gasteiger partial charge >= 0.3 is 0 Å². The van der Waals surface area contributed by atoms with Crippen molar-refractivity contribution in [1.82, 2.24) is 15.3 Å². The van der Waals surface area contributed by atoms with Crippen LogP contribution in [0.5, 0.6) is 0 Å². The molecule has 0 aliphatic carbocycles. The number of benzene rings is 1. The molecule has 0 spiro atoms. The number of hydrogen-bond acceptors (Lipinski definition) is 3. The number of hydrogen-bond donors (Lipinski definition) is 2. The van der Waals surface area contributed by atoms with Crippen LogP contribution in [0, 0.1) is 5.92 Å². The van der Waals surface area contributed by atoms with Crippen LogP contribution in [0.4, 0.5) is 0 Å². The van der Waals surface area contributed by atoms with Gasteiger partial charge in [0, 0.05) is 5.92 Å². The van der Waals surface area contributed by atoms with Crippen molar-refractivity contribution in [2.75, 3.05) is 0 Å². The van der Waals surface area contributed by atoms with Gasteiger partial charge in [-0.2, -0.15) is 0 Å². The van der Waals surface area contributed by atoms with E-state index in [-0.39, 0.29) is 23.9 Å². The van der Waals surface area contributed by atoms with Gasteiger partial charge in [0.05, 0.1) is 17.4 Å². The van der Waals surface area contributed by atoms with Crippen LogP contribution >= 0.6 is 0 Å². The smallest absolute Gasteiger partial charge is 0.258 e. The first-order valence-electron chi connectivity index (χ1n) is 7.37. The number of aromatic amines is 1. The highest BCUT2D eigenvalue weighted by Gasteiger charge is 2.12. The van der Waals surface area contributed by atoms with E-state index >= 15 is 0 Å². The lowest BCUT2D eigenvalue weighted by atomic mass is 10.0. The zero-order valence-corrected chi connectivity index (χ0v) is 12.5. The van der Waals surface area contributed by atoms with E-state index in [0.717, 1.165) is 19.3 Å². The van der Waals surface area contributed by atoms with Gasteiger partial charge in [0.15, 0.2) is 0 Å². The number of fused-ring (bicyclic) bond motifs is 1. The third-order valence-corrected chi connectivity index (χ3v) is 3.53. The van der Waals surface area contributed by atoms with Crippen LogP contribution in [-0.2, 0) is 11.3 Å². The van der Waals surface area contributed by atoms with E-state index in [9.17, 15) is 9.59 Å². The van der Waals surface area contributed by atoms with Crippen LogP contribution in [0.3, 0.4) is 0 Å². The molecule has 2 rings (SSSR count). The first kappa shape index (κ1) is 15.2. The summed E-state index contributed by atoms with van der Waals surface area (Å²) in [4.78, 5) is 30.9. The third-order valence-electron chi connectivity index (χ3n) is 3.53. The summed E-state index contributed by atoms with van der Waals surface area (Å²) in [6.07, 6.45) is 3.00. The van der Waals surface area contributed by atoms with Crippen LogP contribution < -0.4 is 10.9 Å². The standard InChI is InChI=1S/C16H21N3O2/c1-3-4-7-11(2)15(20)17-10-14-18-13-9-6-5-8-12(13)16(21)19-14/h5-6,8-9,11H,3-4,7,10H2,1-2H3,(H,17,20)(H,18,19,21). The normalized spacial score (nSPS) is 12.3. The Bertz CT molecular complexity index is 679. The van der Waals surface area contributed by atoms with E-state index in [1.807, 2.05) is 13.0 Å². The van der Waals surface area contributed by atoms with Crippen molar-refractivity contribution in [3.05, 3.63) is 40.4 Å². The van der Waals surface area contributed by atoms with Gasteiger partial charge in [0.2, 0.25) is 5.91 Å². The predicted molar refractivity (Wildman–Crippen MR) is 82.9 cm³/mol. The molecular weight excluding hydrogens is 266 g/mol. The van der Waals surface area contributed by atoms with Gasteiger partial charge in [-0.3, -0.25) is 9.59 Å². The maximum Gasteiger partial charge on any atom is 0.258 e. The first-order valence-corrected chi connectivity index (χ1v) is 7.37. The summed E-state index contributed by atoms with van der Waals surface area (Å²) in [5.41, 5.74) is 0.466. The number of para-hydroxylation sites is 1. The number of rotatable bonds is 6. The summed E-state index contributed by atoms with van der Waals surface area (Å²) in [5, 5.41) is 3.39. The minimum atomic E-state index is -0.177. The molecule has 21 heavy (non-hydrogen) atoms. The first-order chi connectivity index (χ1) is 10.1. The Morgan fingerprint density at radius 3 is 2.90 bits per heavy atom. The minimum Gasteiger partial charge on any atom is -0.349 e. The van der Waals surface area contributed by atoms with Gasteiger partial charge in [0.1, 0.15) is 5.82 Å². The van der Waals surface area contributed by atoms with Gasteiger partial charge in [-0.1, -0.05) is 38.8 Å². The van der Waals surface area contributed by atoms with Gasteiger partial charge < -0.3 is 10.3 Å². The zero-order chi connectivity index (χ0) is 15.2. The number of H-pyrrole nitrogens is 1. The van der Waals surface area contributed by atoms with Crippen LogP contribution in [0.1, 0.15) is 38.9 Å². The molecule has 1 heterocycles. The summed E-state index contributed by atoms with van der Waals surface area (Å²) in [5.74, 6) is 0.464. The number of aromatic nitrogens is 2. The second-order valence-corrected chi connectivity index (χ2v) is 5.29. The Hall–Kier alpha value is -2.17. The maximum absolute atomic E-state index is 11.9. The molecule has 0 aliphatic rings. The molecule has 5 nitrogen and oxygen atoms in total.